The highest BCUT2D eigenvalue weighted by atomic mass is 16.5. The summed E-state index contributed by atoms with van der Waals surface area (Å²) in [6.45, 7) is 0. The van der Waals surface area contributed by atoms with Gasteiger partial charge < -0.3 is 16.0 Å². The zero-order valence-corrected chi connectivity index (χ0v) is 10.4. The van der Waals surface area contributed by atoms with Crippen molar-refractivity contribution in [1.29, 1.82) is 0 Å². The van der Waals surface area contributed by atoms with Crippen LogP contribution < -0.4 is 5.73 Å². The van der Waals surface area contributed by atoms with Crippen LogP contribution in [0.1, 0.15) is 44.9 Å². The molecule has 1 atom stereocenters. The standard InChI is InChI=1S/C12H19N3O3/c13-11(7-6-9(16)8-15-14)12(17)18-10-4-2-1-3-5-10/h8,10-11H,1-7,13H2/t11-/m0/s1. The van der Waals surface area contributed by atoms with E-state index in [4.69, 9.17) is 16.0 Å². The zero-order valence-electron chi connectivity index (χ0n) is 10.4. The van der Waals surface area contributed by atoms with Crippen LogP contribution in [0, 0.1) is 0 Å². The van der Waals surface area contributed by atoms with E-state index >= 15 is 0 Å². The van der Waals surface area contributed by atoms with Crippen LogP contribution in [0.2, 0.25) is 0 Å². The lowest BCUT2D eigenvalue weighted by Gasteiger charge is -2.23. The van der Waals surface area contributed by atoms with Crippen LogP contribution in [0.5, 0.6) is 0 Å². The summed E-state index contributed by atoms with van der Waals surface area (Å²) in [6, 6.07) is -0.789. The molecule has 1 aliphatic rings. The van der Waals surface area contributed by atoms with E-state index in [1.165, 1.54) is 6.42 Å². The molecule has 0 aliphatic heterocycles. The Kier molecular flexibility index (Phi) is 6.25. The molecular formula is C12H19N3O3. The number of hydrogen-bond acceptors (Lipinski definition) is 4. The van der Waals surface area contributed by atoms with E-state index in [2.05, 4.69) is 4.79 Å². The molecule has 6 heteroatoms. The van der Waals surface area contributed by atoms with Gasteiger partial charge in [-0.15, -0.1) is 0 Å². The molecule has 1 saturated carbocycles. The number of nitrogens with zero attached hydrogens (tertiary/aromatic N) is 2. The summed E-state index contributed by atoms with van der Waals surface area (Å²) in [5.74, 6) is -0.811. The zero-order chi connectivity index (χ0) is 13.4. The topological polar surface area (TPSA) is 106 Å². The minimum Gasteiger partial charge on any atom is -0.461 e. The van der Waals surface area contributed by atoms with Crippen molar-refractivity contribution in [3.8, 4) is 0 Å². The molecule has 2 N–H and O–H groups in total. The largest absolute Gasteiger partial charge is 0.461 e. The lowest BCUT2D eigenvalue weighted by Crippen LogP contribution is -2.36. The van der Waals surface area contributed by atoms with Crippen molar-refractivity contribution in [3.63, 3.8) is 0 Å². The first kappa shape index (κ1) is 14.5. The second-order valence-corrected chi connectivity index (χ2v) is 4.55. The van der Waals surface area contributed by atoms with Gasteiger partial charge >= 0.3 is 12.2 Å². The first-order chi connectivity index (χ1) is 8.63. The third-order valence-corrected chi connectivity index (χ3v) is 3.04. The fourth-order valence-electron chi connectivity index (χ4n) is 1.98. The van der Waals surface area contributed by atoms with Gasteiger partial charge in [0.15, 0.2) is 0 Å². The Hall–Kier alpha value is -1.52. The molecule has 0 aromatic rings. The lowest BCUT2D eigenvalue weighted by molar-refractivity contribution is -0.152. The quantitative estimate of drug-likeness (QED) is 0.327. The van der Waals surface area contributed by atoms with E-state index in [1.807, 2.05) is 0 Å². The maximum atomic E-state index is 11.6. The summed E-state index contributed by atoms with van der Waals surface area (Å²) in [6.07, 6.45) is 6.21. The smallest absolute Gasteiger partial charge is 0.323 e. The van der Waals surface area contributed by atoms with E-state index < -0.39 is 12.0 Å². The van der Waals surface area contributed by atoms with E-state index in [9.17, 15) is 9.59 Å². The lowest BCUT2D eigenvalue weighted by atomic mass is 9.98. The molecule has 0 bridgehead atoms. The number of Topliss-reactive ketones (excluding diaryl/α,β-unsaturated/α-hetero) is 1. The van der Waals surface area contributed by atoms with Crippen molar-refractivity contribution in [2.24, 2.45) is 5.73 Å². The number of ether oxygens (including phenoxy) is 1. The summed E-state index contributed by atoms with van der Waals surface area (Å²) >= 11 is 0. The van der Waals surface area contributed by atoms with Gasteiger partial charge in [-0.05, 0) is 32.1 Å². The Morgan fingerprint density at radius 1 is 1.39 bits per heavy atom. The van der Waals surface area contributed by atoms with Crippen molar-refractivity contribution in [1.82, 2.24) is 0 Å². The number of ketones is 1. The van der Waals surface area contributed by atoms with Crippen molar-refractivity contribution < 1.29 is 19.1 Å². The Balaban J connectivity index is 2.27. The van der Waals surface area contributed by atoms with Crippen molar-refractivity contribution >= 4 is 18.0 Å². The van der Waals surface area contributed by atoms with Crippen LogP contribution in [0.4, 0.5) is 0 Å². The van der Waals surface area contributed by atoms with Gasteiger partial charge in [-0.1, -0.05) is 6.42 Å². The van der Waals surface area contributed by atoms with Gasteiger partial charge in [0.1, 0.15) is 12.1 Å². The predicted molar refractivity (Wildman–Crippen MR) is 64.9 cm³/mol. The van der Waals surface area contributed by atoms with Gasteiger partial charge in [0, 0.05) is 6.42 Å². The summed E-state index contributed by atoms with van der Waals surface area (Å²) in [4.78, 5) is 25.3. The van der Waals surface area contributed by atoms with Crippen molar-refractivity contribution in [2.75, 3.05) is 0 Å². The highest BCUT2D eigenvalue weighted by Crippen LogP contribution is 2.20. The SMILES string of the molecule is [N-]=[N+]=CC(=O)CC[C@H](N)C(=O)OC1CCCCC1. The van der Waals surface area contributed by atoms with Gasteiger partial charge in [0.25, 0.3) is 0 Å². The second-order valence-electron chi connectivity index (χ2n) is 4.55. The highest BCUT2D eigenvalue weighted by molar-refractivity contribution is 6.25. The van der Waals surface area contributed by atoms with Gasteiger partial charge in [-0.25, -0.2) is 0 Å². The Labute approximate surface area is 106 Å². The number of hydrogen-bond donors (Lipinski definition) is 1. The molecule has 1 rings (SSSR count). The fourth-order valence-corrected chi connectivity index (χ4v) is 1.98. The number of nitrogens with two attached hydrogens (primary N) is 1. The molecule has 0 aromatic heterocycles. The van der Waals surface area contributed by atoms with Crippen LogP contribution in [0.25, 0.3) is 5.53 Å². The van der Waals surface area contributed by atoms with Crippen LogP contribution in [-0.2, 0) is 14.3 Å². The normalized spacial score (nSPS) is 17.6. The minimum atomic E-state index is -0.789. The summed E-state index contributed by atoms with van der Waals surface area (Å²) in [5.41, 5.74) is 13.8. The number of esters is 1. The summed E-state index contributed by atoms with van der Waals surface area (Å²) in [5, 5.41) is 0. The molecule has 1 fully saturated rings. The van der Waals surface area contributed by atoms with Crippen molar-refractivity contribution in [3.05, 3.63) is 5.53 Å². The third kappa shape index (κ3) is 5.21. The maximum absolute atomic E-state index is 11.6. The van der Waals surface area contributed by atoms with Crippen LogP contribution in [0.3, 0.4) is 0 Å². The molecule has 6 nitrogen and oxygen atoms in total. The molecule has 0 spiro atoms. The van der Waals surface area contributed by atoms with E-state index in [0.717, 1.165) is 31.9 Å². The number of carbonyl (C=O) groups is 2. The average Bonchev–Trinajstić information content (AvgIpc) is 2.37. The molecule has 0 saturated heterocycles. The molecule has 18 heavy (non-hydrogen) atoms. The monoisotopic (exact) mass is 253 g/mol. The summed E-state index contributed by atoms with van der Waals surface area (Å²) in [7, 11) is 0. The molecule has 100 valence electrons. The Morgan fingerprint density at radius 3 is 2.67 bits per heavy atom. The second kappa shape index (κ2) is 7.74. The maximum Gasteiger partial charge on any atom is 0.323 e. The Morgan fingerprint density at radius 2 is 2.06 bits per heavy atom. The van der Waals surface area contributed by atoms with Gasteiger partial charge in [-0.2, -0.15) is 4.79 Å². The van der Waals surface area contributed by atoms with E-state index in [1.54, 1.807) is 0 Å². The minimum absolute atomic E-state index is 0.0213. The van der Waals surface area contributed by atoms with Gasteiger partial charge in [0.05, 0.1) is 0 Å². The molecule has 0 aromatic carbocycles. The van der Waals surface area contributed by atoms with Crippen LogP contribution in [-0.4, -0.2) is 34.9 Å². The Bertz CT molecular complexity index is 344. The summed E-state index contributed by atoms with van der Waals surface area (Å²) < 4.78 is 5.29. The molecule has 0 amide bonds. The highest BCUT2D eigenvalue weighted by Gasteiger charge is 2.22. The van der Waals surface area contributed by atoms with Crippen LogP contribution >= 0.6 is 0 Å². The van der Waals surface area contributed by atoms with Gasteiger partial charge in [-0.3, -0.25) is 9.59 Å². The average molecular weight is 253 g/mol. The molecule has 0 heterocycles. The predicted octanol–water partition coefficient (Wildman–Crippen LogP) is 0.839. The first-order valence-electron chi connectivity index (χ1n) is 6.30. The van der Waals surface area contributed by atoms with E-state index in [0.29, 0.717) is 0 Å². The first-order valence-corrected chi connectivity index (χ1v) is 6.30. The third-order valence-electron chi connectivity index (χ3n) is 3.04. The molecule has 0 radical (unpaired) electrons. The molecule has 0 unspecified atom stereocenters. The van der Waals surface area contributed by atoms with E-state index in [-0.39, 0.29) is 24.7 Å². The molecular weight excluding hydrogens is 234 g/mol. The fraction of sp³-hybridized carbons (Fsp3) is 0.750. The number of carbonyl (C=O) groups excluding carboxylic acids is 2. The van der Waals surface area contributed by atoms with Crippen LogP contribution in [0.15, 0.2) is 0 Å². The van der Waals surface area contributed by atoms with Crippen molar-refractivity contribution in [2.45, 2.75) is 57.1 Å². The number of rotatable bonds is 6. The van der Waals surface area contributed by atoms with Gasteiger partial charge in [0.2, 0.25) is 5.78 Å². The molecule has 1 aliphatic carbocycles.